The van der Waals surface area contributed by atoms with Crippen molar-refractivity contribution in [2.45, 2.75) is 6.18 Å². The van der Waals surface area contributed by atoms with Crippen molar-refractivity contribution >= 4 is 107 Å². The summed E-state index contributed by atoms with van der Waals surface area (Å²) in [6.07, 6.45) is -4.67. The standard InChI is InChI=1S/C50H26F3N3S2/c51-50(52,53)38-16-6-1-15-37(38)45-41(55-39-17-7-2-11-29(39)33-21-23-35-31-13-4-9-19-43(31)57-48(35)46(33)55)25-28(27-54)26-42(45)56-40-18-8-3-12-30(40)34-22-24-36-32-14-5-10-20-44(32)58-49(36)47(34)56/h1-26H. The molecule has 0 saturated heterocycles. The lowest BCUT2D eigenvalue weighted by Crippen LogP contribution is -2.11. The summed E-state index contributed by atoms with van der Waals surface area (Å²) < 4.78 is 54.8. The van der Waals surface area contributed by atoms with Gasteiger partial charge in [-0.15, -0.1) is 22.7 Å². The van der Waals surface area contributed by atoms with E-state index in [0.717, 1.165) is 90.0 Å². The number of nitrogens with zero attached hydrogens (tertiary/aromatic N) is 3. The Labute approximate surface area is 336 Å². The summed E-state index contributed by atoms with van der Waals surface area (Å²) >= 11 is 3.35. The number of para-hydroxylation sites is 2. The summed E-state index contributed by atoms with van der Waals surface area (Å²) in [6, 6.07) is 53.0. The first-order chi connectivity index (χ1) is 28.4. The van der Waals surface area contributed by atoms with Crippen LogP contribution < -0.4 is 0 Å². The fraction of sp³-hybridized carbons (Fsp3) is 0.0200. The minimum atomic E-state index is -4.67. The van der Waals surface area contributed by atoms with Gasteiger partial charge in [0.05, 0.1) is 60.0 Å². The van der Waals surface area contributed by atoms with Crippen molar-refractivity contribution in [1.29, 1.82) is 5.26 Å². The number of hydrogen-bond acceptors (Lipinski definition) is 3. The minimum Gasteiger partial charge on any atom is -0.307 e. The zero-order valence-corrected chi connectivity index (χ0v) is 31.9. The van der Waals surface area contributed by atoms with Crippen molar-refractivity contribution in [1.82, 2.24) is 9.13 Å². The average Bonchev–Trinajstić information content (AvgIpc) is 4.00. The molecule has 4 heterocycles. The zero-order chi connectivity index (χ0) is 38.9. The van der Waals surface area contributed by atoms with Gasteiger partial charge in [0.2, 0.25) is 0 Å². The Bertz CT molecular complexity index is 3550. The van der Waals surface area contributed by atoms with E-state index in [1.807, 2.05) is 60.7 Å². The van der Waals surface area contributed by atoms with Gasteiger partial charge in [-0.3, -0.25) is 0 Å². The molecule has 12 rings (SSSR count). The zero-order valence-electron chi connectivity index (χ0n) is 30.3. The minimum absolute atomic E-state index is 0.0355. The molecule has 0 aliphatic carbocycles. The van der Waals surface area contributed by atoms with E-state index >= 15 is 13.2 Å². The van der Waals surface area contributed by atoms with E-state index < -0.39 is 11.7 Å². The second-order valence-corrected chi connectivity index (χ2v) is 16.7. The van der Waals surface area contributed by atoms with Gasteiger partial charge in [-0.05, 0) is 48.0 Å². The fourth-order valence-electron chi connectivity index (χ4n) is 9.22. The van der Waals surface area contributed by atoms with E-state index in [9.17, 15) is 5.26 Å². The maximum Gasteiger partial charge on any atom is 0.417 e. The molecule has 12 aromatic rings. The Hall–Kier alpha value is -6.92. The Balaban J connectivity index is 1.34. The van der Waals surface area contributed by atoms with E-state index in [4.69, 9.17) is 0 Å². The smallest absolute Gasteiger partial charge is 0.307 e. The first kappa shape index (κ1) is 33.2. The first-order valence-electron chi connectivity index (χ1n) is 18.8. The van der Waals surface area contributed by atoms with Crippen LogP contribution in [0.1, 0.15) is 11.1 Å². The number of fused-ring (bicyclic) bond motifs is 14. The van der Waals surface area contributed by atoms with Gasteiger partial charge in [-0.2, -0.15) is 18.4 Å². The number of nitriles is 1. The molecule has 0 unspecified atom stereocenters. The number of aromatic nitrogens is 2. The third kappa shape index (κ3) is 4.54. The van der Waals surface area contributed by atoms with Crippen LogP contribution in [-0.2, 0) is 6.18 Å². The second-order valence-electron chi connectivity index (χ2n) is 14.6. The van der Waals surface area contributed by atoms with Crippen LogP contribution in [-0.4, -0.2) is 9.13 Å². The number of thiophene rings is 2. The van der Waals surface area contributed by atoms with Crippen LogP contribution in [0.4, 0.5) is 13.2 Å². The Kier molecular flexibility index (Phi) is 6.90. The van der Waals surface area contributed by atoms with Gasteiger partial charge >= 0.3 is 6.18 Å². The maximum atomic E-state index is 15.4. The van der Waals surface area contributed by atoms with E-state index in [2.05, 4.69) is 75.9 Å². The molecule has 0 amide bonds. The topological polar surface area (TPSA) is 33.6 Å². The first-order valence-corrected chi connectivity index (χ1v) is 20.4. The highest BCUT2D eigenvalue weighted by Crippen LogP contribution is 2.50. The van der Waals surface area contributed by atoms with Crippen LogP contribution in [0.25, 0.3) is 106 Å². The molecule has 3 nitrogen and oxygen atoms in total. The molecule has 0 fully saturated rings. The third-order valence-electron chi connectivity index (χ3n) is 11.6. The van der Waals surface area contributed by atoms with E-state index in [-0.39, 0.29) is 5.56 Å². The van der Waals surface area contributed by atoms with Crippen molar-refractivity contribution in [3.63, 3.8) is 0 Å². The van der Waals surface area contributed by atoms with Crippen LogP contribution in [0.2, 0.25) is 0 Å². The molecule has 0 spiro atoms. The Morgan fingerprint density at radius 3 is 1.40 bits per heavy atom. The summed E-state index contributed by atoms with van der Waals surface area (Å²) in [5, 5.41) is 19.2. The molecule has 0 atom stereocenters. The van der Waals surface area contributed by atoms with Gasteiger partial charge in [0.25, 0.3) is 0 Å². The SMILES string of the molecule is N#Cc1cc(-n2c3ccccc3c3ccc4c5ccccc5sc4c32)c(-c2ccccc2C(F)(F)F)c(-n2c3ccccc3c3ccc4c5ccccc5sc4c32)c1. The highest BCUT2D eigenvalue weighted by atomic mass is 32.1. The van der Waals surface area contributed by atoms with Crippen LogP contribution in [0.3, 0.4) is 0 Å². The molecule has 0 radical (unpaired) electrons. The van der Waals surface area contributed by atoms with Crippen LogP contribution in [0.15, 0.2) is 158 Å². The summed E-state index contributed by atoms with van der Waals surface area (Å²) in [7, 11) is 0. The van der Waals surface area contributed by atoms with Crippen molar-refractivity contribution in [2.75, 3.05) is 0 Å². The van der Waals surface area contributed by atoms with Crippen molar-refractivity contribution in [3.05, 3.63) is 169 Å². The summed E-state index contributed by atoms with van der Waals surface area (Å²) in [4.78, 5) is 0. The monoisotopic (exact) mass is 789 g/mol. The molecule has 8 aromatic carbocycles. The molecule has 274 valence electrons. The molecular weight excluding hydrogens is 764 g/mol. The number of benzene rings is 8. The van der Waals surface area contributed by atoms with E-state index in [0.29, 0.717) is 22.5 Å². The lowest BCUT2D eigenvalue weighted by molar-refractivity contribution is -0.137. The van der Waals surface area contributed by atoms with Gasteiger partial charge in [-0.1, -0.05) is 115 Å². The third-order valence-corrected chi connectivity index (χ3v) is 14.0. The highest BCUT2D eigenvalue weighted by Gasteiger charge is 2.36. The molecule has 58 heavy (non-hydrogen) atoms. The second kappa shape index (κ2) is 12.0. The molecule has 8 heteroatoms. The number of rotatable bonds is 3. The van der Waals surface area contributed by atoms with E-state index in [1.54, 1.807) is 46.9 Å². The molecule has 0 aliphatic rings. The fourth-order valence-corrected chi connectivity index (χ4v) is 11.7. The number of halogens is 3. The number of alkyl halides is 3. The van der Waals surface area contributed by atoms with Crippen molar-refractivity contribution in [3.8, 4) is 28.6 Å². The lowest BCUT2D eigenvalue weighted by atomic mass is 9.94. The van der Waals surface area contributed by atoms with Crippen LogP contribution >= 0.6 is 22.7 Å². The molecule has 0 saturated carbocycles. The average molecular weight is 790 g/mol. The van der Waals surface area contributed by atoms with Crippen LogP contribution in [0, 0.1) is 11.3 Å². The lowest BCUT2D eigenvalue weighted by Gasteiger charge is -2.23. The molecule has 4 aromatic heterocycles. The normalized spacial score (nSPS) is 12.4. The van der Waals surface area contributed by atoms with Gasteiger partial charge < -0.3 is 9.13 Å². The van der Waals surface area contributed by atoms with Gasteiger partial charge in [0.15, 0.2) is 0 Å². The molecule has 0 bridgehead atoms. The predicted molar refractivity (Wildman–Crippen MR) is 236 cm³/mol. The summed E-state index contributed by atoms with van der Waals surface area (Å²) in [6.45, 7) is 0. The Morgan fingerprint density at radius 2 is 0.897 bits per heavy atom. The van der Waals surface area contributed by atoms with Crippen molar-refractivity contribution < 1.29 is 13.2 Å². The van der Waals surface area contributed by atoms with Gasteiger partial charge in [0.1, 0.15) is 0 Å². The largest absolute Gasteiger partial charge is 0.417 e. The molecule has 0 N–H and O–H groups in total. The van der Waals surface area contributed by atoms with Gasteiger partial charge in [-0.25, -0.2) is 0 Å². The van der Waals surface area contributed by atoms with Gasteiger partial charge in [0, 0.05) is 58.1 Å². The Morgan fingerprint density at radius 1 is 0.466 bits per heavy atom. The molecule has 0 aliphatic heterocycles. The number of hydrogen-bond donors (Lipinski definition) is 0. The predicted octanol–water partition coefficient (Wildman–Crippen LogP) is 15.2. The van der Waals surface area contributed by atoms with E-state index in [1.165, 1.54) is 6.07 Å². The molecular formula is C50H26F3N3S2. The summed E-state index contributed by atoms with van der Waals surface area (Å²) in [5.41, 5.74) is 4.45. The maximum absolute atomic E-state index is 15.4. The highest BCUT2D eigenvalue weighted by molar-refractivity contribution is 7.27. The quantitative estimate of drug-likeness (QED) is 0.175. The van der Waals surface area contributed by atoms with Crippen LogP contribution in [0.5, 0.6) is 0 Å². The summed E-state index contributed by atoms with van der Waals surface area (Å²) in [5.74, 6) is 0. The van der Waals surface area contributed by atoms with Crippen molar-refractivity contribution in [2.24, 2.45) is 0 Å².